The van der Waals surface area contributed by atoms with Gasteiger partial charge in [0.15, 0.2) is 0 Å². The van der Waals surface area contributed by atoms with Crippen LogP contribution in [0.3, 0.4) is 0 Å². The first kappa shape index (κ1) is 14.3. The Bertz CT molecular complexity index is 531. The lowest BCUT2D eigenvalue weighted by atomic mass is 10.2. The minimum atomic E-state index is 0.438. The summed E-state index contributed by atoms with van der Waals surface area (Å²) in [5, 5.41) is 5.05. The monoisotopic (exact) mass is 293 g/mol. The lowest BCUT2D eigenvalue weighted by Gasteiger charge is -2.12. The van der Waals surface area contributed by atoms with Gasteiger partial charge in [0.05, 0.1) is 6.20 Å². The maximum Gasteiger partial charge on any atom is 0.119 e. The summed E-state index contributed by atoms with van der Waals surface area (Å²) < 4.78 is 0. The number of halogens is 1. The van der Waals surface area contributed by atoms with E-state index in [1.807, 2.05) is 18.2 Å². The molecule has 0 radical (unpaired) electrons. The van der Waals surface area contributed by atoms with E-state index in [4.69, 9.17) is 11.6 Å². The van der Waals surface area contributed by atoms with Gasteiger partial charge in [-0.2, -0.15) is 0 Å². The fourth-order valence-electron chi connectivity index (χ4n) is 1.55. The van der Waals surface area contributed by atoms with Crippen molar-refractivity contribution in [3.63, 3.8) is 0 Å². The van der Waals surface area contributed by atoms with Crippen LogP contribution in [0.4, 0.5) is 0 Å². The van der Waals surface area contributed by atoms with Gasteiger partial charge in [-0.15, -0.1) is 0 Å². The van der Waals surface area contributed by atoms with Crippen molar-refractivity contribution in [3.8, 4) is 0 Å². The molecule has 0 unspecified atom stereocenters. The Labute approximate surface area is 122 Å². The third-order valence-electron chi connectivity index (χ3n) is 2.48. The zero-order valence-corrected chi connectivity index (χ0v) is 12.5. The van der Waals surface area contributed by atoms with Crippen LogP contribution in [-0.2, 0) is 6.54 Å². The predicted octanol–water partition coefficient (Wildman–Crippen LogP) is 3.78. The molecule has 0 saturated heterocycles. The highest BCUT2D eigenvalue weighted by atomic mass is 35.5. The predicted molar refractivity (Wildman–Crippen MR) is 79.6 cm³/mol. The average Bonchev–Trinajstić information content (AvgIpc) is 2.40. The van der Waals surface area contributed by atoms with E-state index >= 15 is 0 Å². The van der Waals surface area contributed by atoms with E-state index in [0.717, 1.165) is 21.5 Å². The van der Waals surface area contributed by atoms with Crippen molar-refractivity contribution in [2.45, 2.75) is 36.4 Å². The lowest BCUT2D eigenvalue weighted by molar-refractivity contribution is 0.585. The molecule has 0 spiro atoms. The number of nitrogens with one attached hydrogen (secondary N) is 1. The Balaban J connectivity index is 2.19. The van der Waals surface area contributed by atoms with Gasteiger partial charge in [0, 0.05) is 34.9 Å². The molecule has 1 aromatic carbocycles. The van der Waals surface area contributed by atoms with E-state index in [1.54, 1.807) is 30.4 Å². The first-order valence-corrected chi connectivity index (χ1v) is 7.30. The van der Waals surface area contributed by atoms with Crippen molar-refractivity contribution in [2.75, 3.05) is 0 Å². The van der Waals surface area contributed by atoms with Crippen LogP contribution in [0, 0.1) is 0 Å². The number of rotatable bonds is 5. The quantitative estimate of drug-likeness (QED) is 0.910. The molecule has 100 valence electrons. The highest BCUT2D eigenvalue weighted by Gasteiger charge is 2.07. The molecule has 0 fully saturated rings. The lowest BCUT2D eigenvalue weighted by Crippen LogP contribution is -2.22. The van der Waals surface area contributed by atoms with Gasteiger partial charge in [-0.05, 0) is 23.8 Å². The van der Waals surface area contributed by atoms with Gasteiger partial charge in [0.1, 0.15) is 5.03 Å². The number of aromatic nitrogens is 2. The molecule has 0 aliphatic rings. The molecular formula is C14H16ClN3S. The third kappa shape index (κ3) is 4.49. The first-order valence-electron chi connectivity index (χ1n) is 6.11. The van der Waals surface area contributed by atoms with Gasteiger partial charge in [0.25, 0.3) is 0 Å². The minimum absolute atomic E-state index is 0.438. The van der Waals surface area contributed by atoms with E-state index in [0.29, 0.717) is 6.04 Å². The summed E-state index contributed by atoms with van der Waals surface area (Å²) in [6, 6.07) is 6.36. The molecule has 5 heteroatoms. The van der Waals surface area contributed by atoms with Gasteiger partial charge in [-0.1, -0.05) is 37.2 Å². The molecule has 0 saturated carbocycles. The van der Waals surface area contributed by atoms with E-state index in [2.05, 4.69) is 29.1 Å². The molecule has 1 aromatic heterocycles. The summed E-state index contributed by atoms with van der Waals surface area (Å²) in [6.45, 7) is 5.04. The van der Waals surface area contributed by atoms with Gasteiger partial charge in [0.2, 0.25) is 0 Å². The summed E-state index contributed by atoms with van der Waals surface area (Å²) in [4.78, 5) is 9.51. The molecule has 1 heterocycles. The number of benzene rings is 1. The Kier molecular flexibility index (Phi) is 5.19. The fourth-order valence-corrected chi connectivity index (χ4v) is 2.60. The SMILES string of the molecule is CC(C)NCc1cc(Cl)ccc1Sc1cnccn1. The van der Waals surface area contributed by atoms with E-state index in [9.17, 15) is 0 Å². The minimum Gasteiger partial charge on any atom is -0.310 e. The van der Waals surface area contributed by atoms with Crippen LogP contribution in [0.1, 0.15) is 19.4 Å². The fraction of sp³-hybridized carbons (Fsp3) is 0.286. The maximum atomic E-state index is 6.07. The van der Waals surface area contributed by atoms with Crippen LogP contribution in [0.25, 0.3) is 0 Å². The van der Waals surface area contributed by atoms with E-state index in [-0.39, 0.29) is 0 Å². The summed E-state index contributed by atoms with van der Waals surface area (Å²) >= 11 is 7.67. The van der Waals surface area contributed by atoms with Crippen molar-refractivity contribution >= 4 is 23.4 Å². The Morgan fingerprint density at radius 3 is 2.84 bits per heavy atom. The molecule has 0 amide bonds. The van der Waals surface area contributed by atoms with Crippen molar-refractivity contribution < 1.29 is 0 Å². The first-order chi connectivity index (χ1) is 9.15. The van der Waals surface area contributed by atoms with Crippen LogP contribution in [-0.4, -0.2) is 16.0 Å². The number of nitrogens with zero attached hydrogens (tertiary/aromatic N) is 2. The van der Waals surface area contributed by atoms with Crippen LogP contribution < -0.4 is 5.32 Å². The van der Waals surface area contributed by atoms with E-state index in [1.165, 1.54) is 5.56 Å². The largest absolute Gasteiger partial charge is 0.310 e. The maximum absolute atomic E-state index is 6.07. The summed E-state index contributed by atoms with van der Waals surface area (Å²) in [5.74, 6) is 0. The standard InChI is InChI=1S/C14H16ClN3S/c1-10(2)18-8-11-7-12(15)3-4-13(11)19-14-9-16-5-6-17-14/h3-7,9-10,18H,8H2,1-2H3. The summed E-state index contributed by atoms with van der Waals surface area (Å²) in [7, 11) is 0. The zero-order valence-electron chi connectivity index (χ0n) is 10.9. The molecule has 1 N–H and O–H groups in total. The Morgan fingerprint density at radius 2 is 2.16 bits per heavy atom. The average molecular weight is 294 g/mol. The third-order valence-corrected chi connectivity index (χ3v) is 3.75. The molecule has 0 bridgehead atoms. The highest BCUT2D eigenvalue weighted by molar-refractivity contribution is 7.99. The molecule has 3 nitrogen and oxygen atoms in total. The smallest absolute Gasteiger partial charge is 0.119 e. The van der Waals surface area contributed by atoms with Gasteiger partial charge in [-0.25, -0.2) is 4.98 Å². The Morgan fingerprint density at radius 1 is 1.32 bits per heavy atom. The van der Waals surface area contributed by atoms with Gasteiger partial charge in [-0.3, -0.25) is 4.98 Å². The zero-order chi connectivity index (χ0) is 13.7. The van der Waals surface area contributed by atoms with Crippen LogP contribution in [0.5, 0.6) is 0 Å². The van der Waals surface area contributed by atoms with Crippen LogP contribution in [0.2, 0.25) is 5.02 Å². The van der Waals surface area contributed by atoms with Gasteiger partial charge < -0.3 is 5.32 Å². The van der Waals surface area contributed by atoms with Crippen molar-refractivity contribution in [1.29, 1.82) is 0 Å². The van der Waals surface area contributed by atoms with Crippen molar-refractivity contribution in [3.05, 3.63) is 47.4 Å². The molecule has 0 atom stereocenters. The second-order valence-corrected chi connectivity index (χ2v) is 5.93. The molecular weight excluding hydrogens is 278 g/mol. The normalized spacial score (nSPS) is 10.9. The van der Waals surface area contributed by atoms with Gasteiger partial charge >= 0.3 is 0 Å². The molecule has 2 aromatic rings. The summed E-state index contributed by atoms with van der Waals surface area (Å²) in [6.07, 6.45) is 5.14. The van der Waals surface area contributed by atoms with E-state index < -0.39 is 0 Å². The highest BCUT2D eigenvalue weighted by Crippen LogP contribution is 2.30. The Hall–Kier alpha value is -1.10. The van der Waals surface area contributed by atoms with Crippen molar-refractivity contribution in [2.24, 2.45) is 0 Å². The van der Waals surface area contributed by atoms with Crippen molar-refractivity contribution in [1.82, 2.24) is 15.3 Å². The second kappa shape index (κ2) is 6.89. The number of hydrogen-bond donors (Lipinski definition) is 1. The number of hydrogen-bond acceptors (Lipinski definition) is 4. The molecule has 2 rings (SSSR count). The molecule has 0 aliphatic heterocycles. The summed E-state index contributed by atoms with van der Waals surface area (Å²) in [5.41, 5.74) is 1.18. The molecule has 0 aliphatic carbocycles. The second-order valence-electron chi connectivity index (χ2n) is 4.43. The van der Waals surface area contributed by atoms with Crippen LogP contribution >= 0.6 is 23.4 Å². The molecule has 19 heavy (non-hydrogen) atoms. The van der Waals surface area contributed by atoms with Crippen LogP contribution in [0.15, 0.2) is 46.7 Å². The topological polar surface area (TPSA) is 37.8 Å².